The molecule has 1 heterocycles. The molecule has 0 unspecified atom stereocenters. The third-order valence-corrected chi connectivity index (χ3v) is 3.22. The number of anilines is 1. The van der Waals surface area contributed by atoms with E-state index in [2.05, 4.69) is 4.98 Å². The van der Waals surface area contributed by atoms with Crippen molar-refractivity contribution in [1.82, 2.24) is 4.98 Å². The van der Waals surface area contributed by atoms with E-state index in [1.165, 1.54) is 0 Å². The highest BCUT2D eigenvalue weighted by Crippen LogP contribution is 2.35. The Kier molecular flexibility index (Phi) is 4.09. The highest BCUT2D eigenvalue weighted by molar-refractivity contribution is 5.94. The monoisotopic (exact) mass is 289 g/mol. The Hall–Kier alpha value is -2.21. The highest BCUT2D eigenvalue weighted by atomic mass is 16.6. The van der Waals surface area contributed by atoms with Gasteiger partial charge in [0.2, 0.25) is 0 Å². The molecule has 6 nitrogen and oxygen atoms in total. The zero-order valence-corrected chi connectivity index (χ0v) is 12.4. The van der Waals surface area contributed by atoms with Crippen LogP contribution in [0, 0.1) is 10.1 Å². The van der Waals surface area contributed by atoms with Gasteiger partial charge in [0.15, 0.2) is 0 Å². The topological polar surface area (TPSA) is 79.5 Å². The van der Waals surface area contributed by atoms with E-state index in [1.807, 2.05) is 11.8 Å². The number of hydrogen-bond acceptors (Lipinski definition) is 5. The molecule has 0 bridgehead atoms. The van der Waals surface area contributed by atoms with E-state index in [-0.39, 0.29) is 10.6 Å². The summed E-state index contributed by atoms with van der Waals surface area (Å²) in [5.41, 5.74) is 0.192. The lowest BCUT2D eigenvalue weighted by Gasteiger charge is -2.29. The number of nitro benzene ring substituents is 1. The second-order valence-electron chi connectivity index (χ2n) is 5.59. The molecule has 1 aromatic heterocycles. The fraction of sp³-hybridized carbons (Fsp3) is 0.400. The minimum Gasteiger partial charge on any atom is -0.389 e. The standard InChI is InChI=1S/C15H19N3O3/c1-4-17(10-15(2,3)19)13-8-7-12-11(6-5-9-16-12)14(13)18(20)21/h5-9,19H,4,10H2,1-3H3. The molecule has 0 fully saturated rings. The summed E-state index contributed by atoms with van der Waals surface area (Å²) in [6.45, 7) is 6.16. The van der Waals surface area contributed by atoms with Crippen molar-refractivity contribution >= 4 is 22.3 Å². The Labute approximate surface area is 123 Å². The van der Waals surface area contributed by atoms with E-state index in [9.17, 15) is 15.2 Å². The zero-order chi connectivity index (χ0) is 15.6. The summed E-state index contributed by atoms with van der Waals surface area (Å²) in [5, 5.41) is 22.0. The van der Waals surface area contributed by atoms with Crippen LogP contribution >= 0.6 is 0 Å². The van der Waals surface area contributed by atoms with Gasteiger partial charge in [-0.1, -0.05) is 0 Å². The molecule has 0 saturated heterocycles. The first-order valence-corrected chi connectivity index (χ1v) is 6.83. The van der Waals surface area contributed by atoms with Gasteiger partial charge in [-0.25, -0.2) is 0 Å². The van der Waals surface area contributed by atoms with Crippen LogP contribution in [0.15, 0.2) is 30.5 Å². The van der Waals surface area contributed by atoms with Crippen LogP contribution in [0.25, 0.3) is 10.9 Å². The molecule has 6 heteroatoms. The van der Waals surface area contributed by atoms with E-state index in [0.29, 0.717) is 29.7 Å². The maximum atomic E-state index is 11.5. The molecular weight excluding hydrogens is 270 g/mol. The van der Waals surface area contributed by atoms with Gasteiger partial charge in [-0.2, -0.15) is 0 Å². The number of pyridine rings is 1. The Balaban J connectivity index is 2.62. The van der Waals surface area contributed by atoms with E-state index in [0.717, 1.165) is 0 Å². The van der Waals surface area contributed by atoms with Gasteiger partial charge in [-0.05, 0) is 45.0 Å². The summed E-state index contributed by atoms with van der Waals surface area (Å²) in [4.78, 5) is 17.1. The number of nitrogens with zero attached hydrogens (tertiary/aromatic N) is 3. The quantitative estimate of drug-likeness (QED) is 0.676. The predicted octanol–water partition coefficient (Wildman–Crippen LogP) is 2.74. The van der Waals surface area contributed by atoms with Crippen molar-refractivity contribution in [2.45, 2.75) is 26.4 Å². The number of fused-ring (bicyclic) bond motifs is 1. The third-order valence-electron chi connectivity index (χ3n) is 3.22. The van der Waals surface area contributed by atoms with Crippen LogP contribution in [0.5, 0.6) is 0 Å². The molecule has 0 saturated carbocycles. The van der Waals surface area contributed by atoms with E-state index < -0.39 is 5.60 Å². The number of aromatic nitrogens is 1. The first-order chi connectivity index (χ1) is 9.83. The van der Waals surface area contributed by atoms with Crippen molar-refractivity contribution in [3.05, 3.63) is 40.6 Å². The van der Waals surface area contributed by atoms with Gasteiger partial charge >= 0.3 is 5.69 Å². The van der Waals surface area contributed by atoms with Gasteiger partial charge in [0.1, 0.15) is 5.69 Å². The van der Waals surface area contributed by atoms with Crippen LogP contribution in [0.2, 0.25) is 0 Å². The molecule has 0 spiro atoms. The van der Waals surface area contributed by atoms with Gasteiger partial charge in [0.25, 0.3) is 0 Å². The van der Waals surface area contributed by atoms with Crippen molar-refractivity contribution in [1.29, 1.82) is 0 Å². The lowest BCUT2D eigenvalue weighted by molar-refractivity contribution is -0.382. The van der Waals surface area contributed by atoms with E-state index in [1.54, 1.807) is 44.3 Å². The molecule has 0 aliphatic heterocycles. The Bertz CT molecular complexity index is 665. The Morgan fingerprint density at radius 3 is 2.67 bits per heavy atom. The maximum Gasteiger partial charge on any atom is 0.301 e. The predicted molar refractivity (Wildman–Crippen MR) is 82.6 cm³/mol. The minimum absolute atomic E-state index is 0.0340. The van der Waals surface area contributed by atoms with E-state index >= 15 is 0 Å². The lowest BCUT2D eigenvalue weighted by atomic mass is 10.1. The van der Waals surface area contributed by atoms with Crippen molar-refractivity contribution in [3.8, 4) is 0 Å². The van der Waals surface area contributed by atoms with Gasteiger partial charge in [0.05, 0.1) is 21.4 Å². The molecule has 0 aliphatic rings. The molecule has 1 N–H and O–H groups in total. The molecule has 2 rings (SSSR count). The Morgan fingerprint density at radius 1 is 1.38 bits per heavy atom. The van der Waals surface area contributed by atoms with Crippen molar-refractivity contribution in [2.75, 3.05) is 18.0 Å². The average Bonchev–Trinajstić information content (AvgIpc) is 2.42. The van der Waals surface area contributed by atoms with Crippen LogP contribution in [0.4, 0.5) is 11.4 Å². The molecule has 0 amide bonds. The third kappa shape index (κ3) is 3.28. The first kappa shape index (κ1) is 15.2. The molecule has 0 atom stereocenters. The second kappa shape index (κ2) is 5.65. The van der Waals surface area contributed by atoms with Crippen molar-refractivity contribution in [2.24, 2.45) is 0 Å². The van der Waals surface area contributed by atoms with Gasteiger partial charge in [-0.3, -0.25) is 15.1 Å². The maximum absolute atomic E-state index is 11.5. The molecule has 21 heavy (non-hydrogen) atoms. The molecule has 0 aliphatic carbocycles. The number of hydrogen-bond donors (Lipinski definition) is 1. The zero-order valence-electron chi connectivity index (χ0n) is 12.4. The fourth-order valence-electron chi connectivity index (χ4n) is 2.41. The summed E-state index contributed by atoms with van der Waals surface area (Å²) in [5.74, 6) is 0. The SMILES string of the molecule is CCN(CC(C)(C)O)c1ccc2ncccc2c1[N+](=O)[O-]. The Morgan fingerprint density at radius 2 is 2.10 bits per heavy atom. The smallest absolute Gasteiger partial charge is 0.301 e. The van der Waals surface area contributed by atoms with Gasteiger partial charge in [-0.15, -0.1) is 0 Å². The average molecular weight is 289 g/mol. The molecule has 0 radical (unpaired) electrons. The normalized spacial score (nSPS) is 11.6. The van der Waals surface area contributed by atoms with Crippen LogP contribution in [0.1, 0.15) is 20.8 Å². The number of aliphatic hydroxyl groups is 1. The van der Waals surface area contributed by atoms with Crippen LogP contribution in [-0.4, -0.2) is 33.7 Å². The van der Waals surface area contributed by atoms with Crippen LogP contribution < -0.4 is 4.90 Å². The largest absolute Gasteiger partial charge is 0.389 e. The summed E-state index contributed by atoms with van der Waals surface area (Å²) in [7, 11) is 0. The number of benzene rings is 1. The minimum atomic E-state index is -0.937. The highest BCUT2D eigenvalue weighted by Gasteiger charge is 2.26. The fourth-order valence-corrected chi connectivity index (χ4v) is 2.41. The summed E-state index contributed by atoms with van der Waals surface area (Å²) in [6, 6.07) is 6.85. The van der Waals surface area contributed by atoms with Crippen molar-refractivity contribution in [3.63, 3.8) is 0 Å². The van der Waals surface area contributed by atoms with Gasteiger partial charge < -0.3 is 10.0 Å². The molecule has 112 valence electrons. The van der Waals surface area contributed by atoms with Crippen LogP contribution in [-0.2, 0) is 0 Å². The van der Waals surface area contributed by atoms with Crippen molar-refractivity contribution < 1.29 is 10.0 Å². The summed E-state index contributed by atoms with van der Waals surface area (Å²) >= 11 is 0. The molecular formula is C15H19N3O3. The first-order valence-electron chi connectivity index (χ1n) is 6.83. The summed E-state index contributed by atoms with van der Waals surface area (Å²) in [6.07, 6.45) is 1.61. The number of nitro groups is 1. The lowest BCUT2D eigenvalue weighted by Crippen LogP contribution is -2.38. The van der Waals surface area contributed by atoms with E-state index in [4.69, 9.17) is 0 Å². The van der Waals surface area contributed by atoms with Crippen LogP contribution in [0.3, 0.4) is 0 Å². The second-order valence-corrected chi connectivity index (χ2v) is 5.59. The molecule has 2 aromatic rings. The molecule has 1 aromatic carbocycles. The number of likely N-dealkylation sites (N-methyl/N-ethyl adjacent to an activating group) is 1. The van der Waals surface area contributed by atoms with Gasteiger partial charge in [0, 0.05) is 19.3 Å². The summed E-state index contributed by atoms with van der Waals surface area (Å²) < 4.78 is 0. The number of rotatable bonds is 5.